The third-order valence-electron chi connectivity index (χ3n) is 7.84. The van der Waals surface area contributed by atoms with Crippen LogP contribution in [0.4, 0.5) is 4.39 Å². The minimum absolute atomic E-state index is 0.0420. The van der Waals surface area contributed by atoms with E-state index in [1.165, 1.54) is 19.2 Å². The number of likely N-dealkylation sites (tertiary alicyclic amines) is 1. The molecule has 2 saturated carbocycles. The van der Waals surface area contributed by atoms with Gasteiger partial charge in [0.15, 0.2) is 5.82 Å². The minimum Gasteiger partial charge on any atom is -0.481 e. The highest BCUT2D eigenvalue weighted by atomic mass is 35.5. The predicted molar refractivity (Wildman–Crippen MR) is 137 cm³/mol. The van der Waals surface area contributed by atoms with E-state index in [4.69, 9.17) is 27.9 Å². The van der Waals surface area contributed by atoms with Crippen LogP contribution in [-0.4, -0.2) is 56.1 Å². The molecule has 1 spiro atoms. The molecular formula is C26H25Cl2FN6O3. The lowest BCUT2D eigenvalue weighted by Gasteiger charge is -2.40. The van der Waals surface area contributed by atoms with Gasteiger partial charge in [0.2, 0.25) is 11.8 Å². The summed E-state index contributed by atoms with van der Waals surface area (Å²) >= 11 is 12.4. The Bertz CT molecular complexity index is 1440. The summed E-state index contributed by atoms with van der Waals surface area (Å²) in [7, 11) is 1.44. The van der Waals surface area contributed by atoms with E-state index < -0.39 is 11.4 Å². The standard InChI is InChI=1S/C26H25Cl2FN6O3/c1-38-21-9-16(18(29)13-30-21)19-10-20(34-33-19)24(37)35-7-2-14(11-25(35)3-4-25)23(36)32-26(5-6-26)22-17(28)8-15(27)12-31-22/h8-10,12-14H,2-7,11H2,1H3,(H,32,36)(H,33,34)/t14-/m0/s1. The molecule has 0 unspecified atom stereocenters. The van der Waals surface area contributed by atoms with Crippen molar-refractivity contribution < 1.29 is 18.7 Å². The molecule has 3 fully saturated rings. The topological polar surface area (TPSA) is 113 Å². The number of amides is 2. The van der Waals surface area contributed by atoms with Gasteiger partial charge in [-0.3, -0.25) is 19.7 Å². The van der Waals surface area contributed by atoms with Crippen molar-refractivity contribution >= 4 is 35.0 Å². The second-order valence-corrected chi connectivity index (χ2v) is 11.1. The number of pyridine rings is 2. The van der Waals surface area contributed by atoms with Crippen LogP contribution in [-0.2, 0) is 10.3 Å². The zero-order valence-electron chi connectivity index (χ0n) is 20.6. The number of nitrogens with one attached hydrogen (secondary N) is 2. The smallest absolute Gasteiger partial charge is 0.272 e. The van der Waals surface area contributed by atoms with Gasteiger partial charge in [-0.2, -0.15) is 5.10 Å². The number of nitrogens with zero attached hydrogens (tertiary/aromatic N) is 4. The highest BCUT2D eigenvalue weighted by Gasteiger charge is 2.56. The number of hydrogen-bond donors (Lipinski definition) is 2. The Morgan fingerprint density at radius 2 is 1.95 bits per heavy atom. The second-order valence-electron chi connectivity index (χ2n) is 10.3. The summed E-state index contributed by atoms with van der Waals surface area (Å²) in [5.74, 6) is -0.792. The van der Waals surface area contributed by atoms with E-state index in [0.717, 1.165) is 31.9 Å². The molecule has 1 atom stereocenters. The highest BCUT2D eigenvalue weighted by molar-refractivity contribution is 6.34. The van der Waals surface area contributed by atoms with Crippen molar-refractivity contribution in [1.29, 1.82) is 0 Å². The molecule has 2 N–H and O–H groups in total. The first-order valence-electron chi connectivity index (χ1n) is 12.4. The third-order valence-corrected chi connectivity index (χ3v) is 8.34. The number of H-pyrrole nitrogens is 1. The second kappa shape index (κ2) is 9.20. The molecule has 0 bridgehead atoms. The molecule has 3 aromatic rings. The molecule has 2 aliphatic carbocycles. The number of hydrogen-bond acceptors (Lipinski definition) is 6. The molecule has 12 heteroatoms. The van der Waals surface area contributed by atoms with E-state index in [1.807, 2.05) is 4.90 Å². The first-order chi connectivity index (χ1) is 18.2. The van der Waals surface area contributed by atoms with Gasteiger partial charge >= 0.3 is 0 Å². The van der Waals surface area contributed by atoms with Crippen LogP contribution in [0.1, 0.15) is 54.7 Å². The molecule has 2 amide bonds. The molecule has 0 aromatic carbocycles. The minimum atomic E-state index is -0.565. The van der Waals surface area contributed by atoms with Crippen LogP contribution >= 0.6 is 23.2 Å². The molecule has 3 aliphatic rings. The summed E-state index contributed by atoms with van der Waals surface area (Å²) in [5, 5.41) is 11.0. The Kier molecular flexibility index (Phi) is 6.07. The van der Waals surface area contributed by atoms with E-state index in [1.54, 1.807) is 12.3 Å². The van der Waals surface area contributed by atoms with E-state index in [-0.39, 0.29) is 46.1 Å². The fourth-order valence-electron chi connectivity index (χ4n) is 5.44. The molecule has 3 aromatic heterocycles. The van der Waals surface area contributed by atoms with Gasteiger partial charge < -0.3 is 15.0 Å². The van der Waals surface area contributed by atoms with Gasteiger partial charge in [0, 0.05) is 35.8 Å². The SMILES string of the molecule is COc1cc(-c2cc(C(=O)N3CC[C@H](C(=O)NC4(c5ncc(Cl)cc5Cl)CC4)CC34CC4)[nH]n2)c(F)cn1. The van der Waals surface area contributed by atoms with Gasteiger partial charge in [-0.05, 0) is 50.7 Å². The number of aromatic nitrogens is 4. The molecule has 1 saturated heterocycles. The average molecular weight is 559 g/mol. The van der Waals surface area contributed by atoms with Crippen LogP contribution in [0.15, 0.2) is 30.6 Å². The van der Waals surface area contributed by atoms with Gasteiger partial charge in [-0.15, -0.1) is 0 Å². The Labute approximate surface area is 228 Å². The number of ether oxygens (including phenoxy) is 1. The third kappa shape index (κ3) is 4.39. The van der Waals surface area contributed by atoms with Crippen molar-refractivity contribution in [3.8, 4) is 17.1 Å². The van der Waals surface area contributed by atoms with Crippen LogP contribution in [0.5, 0.6) is 5.88 Å². The maximum absolute atomic E-state index is 14.4. The highest BCUT2D eigenvalue weighted by Crippen LogP contribution is 2.52. The van der Waals surface area contributed by atoms with E-state index in [2.05, 4.69) is 25.5 Å². The Morgan fingerprint density at radius 1 is 1.16 bits per heavy atom. The van der Waals surface area contributed by atoms with Gasteiger partial charge in [0.05, 0.1) is 40.3 Å². The fraction of sp³-hybridized carbons (Fsp3) is 0.423. The van der Waals surface area contributed by atoms with Crippen LogP contribution in [0.2, 0.25) is 10.0 Å². The van der Waals surface area contributed by atoms with E-state index >= 15 is 0 Å². The molecule has 9 nitrogen and oxygen atoms in total. The Morgan fingerprint density at radius 3 is 2.63 bits per heavy atom. The van der Waals surface area contributed by atoms with Crippen molar-refractivity contribution in [2.45, 2.75) is 49.6 Å². The van der Waals surface area contributed by atoms with Gasteiger partial charge in [0.25, 0.3) is 5.91 Å². The summed E-state index contributed by atoms with van der Waals surface area (Å²) in [6.07, 6.45) is 6.91. The van der Waals surface area contributed by atoms with Crippen molar-refractivity contribution in [1.82, 2.24) is 30.4 Å². The van der Waals surface area contributed by atoms with Gasteiger partial charge in [-0.1, -0.05) is 23.2 Å². The van der Waals surface area contributed by atoms with E-state index in [0.29, 0.717) is 35.1 Å². The quantitative estimate of drug-likeness (QED) is 0.460. The number of rotatable bonds is 6. The van der Waals surface area contributed by atoms with Crippen LogP contribution in [0, 0.1) is 11.7 Å². The molecule has 0 radical (unpaired) electrons. The molecule has 198 valence electrons. The number of carbonyl (C=O) groups is 2. The summed E-state index contributed by atoms with van der Waals surface area (Å²) in [5.41, 5.74) is 0.469. The van der Waals surface area contributed by atoms with Gasteiger partial charge in [-0.25, -0.2) is 9.37 Å². The van der Waals surface area contributed by atoms with Crippen LogP contribution < -0.4 is 10.1 Å². The Balaban J connectivity index is 1.15. The number of halogens is 3. The number of aromatic amines is 1. The molecule has 6 rings (SSSR count). The average Bonchev–Trinajstić information content (AvgIpc) is 3.80. The van der Waals surface area contributed by atoms with Crippen LogP contribution in [0.3, 0.4) is 0 Å². The largest absolute Gasteiger partial charge is 0.481 e. The number of methoxy groups -OCH3 is 1. The molecule has 4 heterocycles. The molecule has 38 heavy (non-hydrogen) atoms. The van der Waals surface area contributed by atoms with Crippen LogP contribution in [0.25, 0.3) is 11.3 Å². The number of carbonyl (C=O) groups excluding carboxylic acids is 2. The zero-order valence-corrected chi connectivity index (χ0v) is 22.1. The lowest BCUT2D eigenvalue weighted by molar-refractivity contribution is -0.128. The van der Waals surface area contributed by atoms with E-state index in [9.17, 15) is 14.0 Å². The summed E-state index contributed by atoms with van der Waals surface area (Å²) in [6.45, 7) is 0.440. The molecule has 1 aliphatic heterocycles. The first-order valence-corrected chi connectivity index (χ1v) is 13.2. The normalized spacial score (nSPS) is 20.7. The fourth-order valence-corrected chi connectivity index (χ4v) is 6.01. The summed E-state index contributed by atoms with van der Waals surface area (Å²) in [4.78, 5) is 36.9. The number of piperidine rings is 1. The van der Waals surface area contributed by atoms with Crippen molar-refractivity contribution in [3.05, 3.63) is 57.8 Å². The first kappa shape index (κ1) is 25.1. The maximum Gasteiger partial charge on any atom is 0.272 e. The maximum atomic E-state index is 14.4. The summed E-state index contributed by atoms with van der Waals surface area (Å²) < 4.78 is 19.4. The van der Waals surface area contributed by atoms with Gasteiger partial charge in [0.1, 0.15) is 5.69 Å². The Hall–Kier alpha value is -3.24. The monoisotopic (exact) mass is 558 g/mol. The lowest BCUT2D eigenvalue weighted by atomic mass is 9.87. The predicted octanol–water partition coefficient (Wildman–Crippen LogP) is 4.51. The molecular weight excluding hydrogens is 534 g/mol. The van der Waals surface area contributed by atoms with Crippen molar-refractivity contribution in [2.75, 3.05) is 13.7 Å². The van der Waals surface area contributed by atoms with Crippen molar-refractivity contribution in [2.24, 2.45) is 5.92 Å². The lowest BCUT2D eigenvalue weighted by Crippen LogP contribution is -2.51. The van der Waals surface area contributed by atoms with Crippen molar-refractivity contribution in [3.63, 3.8) is 0 Å². The zero-order chi connectivity index (χ0) is 26.7. The summed E-state index contributed by atoms with van der Waals surface area (Å²) in [6, 6.07) is 4.61.